The number of amides is 4. The minimum Gasteiger partial charge on any atom is -0.343 e. The Morgan fingerprint density at radius 2 is 1.76 bits per heavy atom. The third kappa shape index (κ3) is 4.14. The number of carbonyl (C=O) groups excluding carboxylic acids is 3. The summed E-state index contributed by atoms with van der Waals surface area (Å²) in [5, 5.41) is 8.01. The van der Waals surface area contributed by atoms with Crippen LogP contribution in [0.3, 0.4) is 0 Å². The van der Waals surface area contributed by atoms with E-state index in [-0.39, 0.29) is 24.4 Å². The van der Waals surface area contributed by atoms with Gasteiger partial charge in [0, 0.05) is 30.0 Å². The zero-order valence-electron chi connectivity index (χ0n) is 13.5. The van der Waals surface area contributed by atoms with Crippen molar-refractivity contribution in [3.63, 3.8) is 0 Å². The van der Waals surface area contributed by atoms with E-state index >= 15 is 0 Å². The summed E-state index contributed by atoms with van der Waals surface area (Å²) in [5.74, 6) is -0.623. The number of hydrogen-bond donors (Lipinski definition) is 3. The number of nitrogens with one attached hydrogen (secondary N) is 3. The molecule has 0 radical (unpaired) electrons. The summed E-state index contributed by atoms with van der Waals surface area (Å²) >= 11 is 0. The molecule has 4 amide bonds. The molecule has 1 aliphatic rings. The Morgan fingerprint density at radius 1 is 1.04 bits per heavy atom. The van der Waals surface area contributed by atoms with E-state index in [1.165, 1.54) is 0 Å². The molecule has 1 aliphatic heterocycles. The minimum absolute atomic E-state index is 0.121. The normalized spacial score (nSPS) is 13.3. The molecule has 0 spiro atoms. The highest BCUT2D eigenvalue weighted by Crippen LogP contribution is 2.19. The van der Waals surface area contributed by atoms with E-state index < -0.39 is 0 Å². The van der Waals surface area contributed by atoms with Gasteiger partial charge in [-0.05, 0) is 36.4 Å². The summed E-state index contributed by atoms with van der Waals surface area (Å²) in [6.45, 7) is 1.12. The number of hydrogen-bond acceptors (Lipinski definition) is 3. The van der Waals surface area contributed by atoms with Crippen LogP contribution in [-0.2, 0) is 4.79 Å². The summed E-state index contributed by atoms with van der Waals surface area (Å²) in [6, 6.07) is 15.6. The molecule has 0 aliphatic carbocycles. The van der Waals surface area contributed by atoms with Crippen LogP contribution in [0.2, 0.25) is 0 Å². The van der Waals surface area contributed by atoms with Gasteiger partial charge in [-0.3, -0.25) is 14.5 Å². The molecule has 0 unspecified atom stereocenters. The molecule has 1 fully saturated rings. The molecule has 2 aromatic carbocycles. The lowest BCUT2D eigenvalue weighted by Gasteiger charge is -2.14. The number of benzene rings is 2. The number of urea groups is 1. The van der Waals surface area contributed by atoms with Crippen LogP contribution >= 0.6 is 0 Å². The molecule has 0 saturated carbocycles. The van der Waals surface area contributed by atoms with Crippen molar-refractivity contribution in [2.45, 2.75) is 0 Å². The van der Waals surface area contributed by atoms with Crippen LogP contribution in [0.4, 0.5) is 16.2 Å². The molecule has 0 bridgehead atoms. The van der Waals surface area contributed by atoms with Crippen LogP contribution in [0.5, 0.6) is 0 Å². The molecular weight excluding hydrogens is 320 g/mol. The van der Waals surface area contributed by atoms with E-state index in [1.807, 2.05) is 6.07 Å². The van der Waals surface area contributed by atoms with E-state index in [0.717, 1.165) is 5.69 Å². The van der Waals surface area contributed by atoms with Gasteiger partial charge in [0.05, 0.1) is 6.54 Å². The maximum absolute atomic E-state index is 11.9. The molecule has 0 aromatic heterocycles. The van der Waals surface area contributed by atoms with Gasteiger partial charge in [0.1, 0.15) is 0 Å². The second-order valence-electron chi connectivity index (χ2n) is 5.53. The van der Waals surface area contributed by atoms with Crippen molar-refractivity contribution >= 4 is 29.2 Å². The van der Waals surface area contributed by atoms with Crippen LogP contribution in [0.15, 0.2) is 54.6 Å². The smallest absolute Gasteiger partial charge is 0.321 e. The summed E-state index contributed by atoms with van der Waals surface area (Å²) in [6.07, 6.45) is 0. The van der Waals surface area contributed by atoms with Crippen LogP contribution in [-0.4, -0.2) is 37.5 Å². The fourth-order valence-corrected chi connectivity index (χ4v) is 2.50. The van der Waals surface area contributed by atoms with Crippen molar-refractivity contribution in [3.8, 4) is 0 Å². The average molecular weight is 338 g/mol. The number of anilines is 2. The van der Waals surface area contributed by atoms with Gasteiger partial charge in [0.15, 0.2) is 0 Å². The van der Waals surface area contributed by atoms with E-state index in [0.29, 0.717) is 24.3 Å². The van der Waals surface area contributed by atoms with Crippen LogP contribution in [0.1, 0.15) is 10.4 Å². The van der Waals surface area contributed by atoms with Gasteiger partial charge in [-0.1, -0.05) is 18.2 Å². The first-order valence-corrected chi connectivity index (χ1v) is 7.92. The first-order chi connectivity index (χ1) is 12.1. The SMILES string of the molecule is O=C(CNC(=O)c1ccccc1)Nc1ccc(N2CCNC2=O)cc1. The predicted molar refractivity (Wildman–Crippen MR) is 94.6 cm³/mol. The third-order valence-corrected chi connectivity index (χ3v) is 3.77. The summed E-state index contributed by atoms with van der Waals surface area (Å²) in [4.78, 5) is 37.1. The van der Waals surface area contributed by atoms with E-state index in [1.54, 1.807) is 53.4 Å². The molecule has 25 heavy (non-hydrogen) atoms. The third-order valence-electron chi connectivity index (χ3n) is 3.77. The first kappa shape index (κ1) is 16.5. The van der Waals surface area contributed by atoms with Crippen molar-refractivity contribution in [1.82, 2.24) is 10.6 Å². The predicted octanol–water partition coefficient (Wildman–Crippen LogP) is 1.58. The zero-order valence-corrected chi connectivity index (χ0v) is 13.5. The van der Waals surface area contributed by atoms with Crippen molar-refractivity contribution in [3.05, 3.63) is 60.2 Å². The van der Waals surface area contributed by atoms with Crippen LogP contribution < -0.4 is 20.9 Å². The first-order valence-electron chi connectivity index (χ1n) is 7.92. The van der Waals surface area contributed by atoms with Crippen LogP contribution in [0, 0.1) is 0 Å². The van der Waals surface area contributed by atoms with Crippen molar-refractivity contribution in [2.75, 3.05) is 29.9 Å². The van der Waals surface area contributed by atoms with E-state index in [2.05, 4.69) is 16.0 Å². The topological polar surface area (TPSA) is 90.5 Å². The van der Waals surface area contributed by atoms with Crippen LogP contribution in [0.25, 0.3) is 0 Å². The Kier molecular flexibility index (Phi) is 4.94. The molecular formula is C18H18N4O3. The minimum atomic E-state index is -0.323. The lowest BCUT2D eigenvalue weighted by molar-refractivity contribution is -0.115. The maximum atomic E-state index is 11.9. The molecule has 1 heterocycles. The number of nitrogens with zero attached hydrogens (tertiary/aromatic N) is 1. The summed E-state index contributed by atoms with van der Waals surface area (Å²) in [7, 11) is 0. The fraction of sp³-hybridized carbons (Fsp3) is 0.167. The highest BCUT2D eigenvalue weighted by molar-refractivity contribution is 5.99. The molecule has 1 saturated heterocycles. The van der Waals surface area contributed by atoms with Gasteiger partial charge in [0.2, 0.25) is 5.91 Å². The van der Waals surface area contributed by atoms with Crippen molar-refractivity contribution in [1.29, 1.82) is 0 Å². The quantitative estimate of drug-likeness (QED) is 0.773. The Labute approximate surface area is 145 Å². The maximum Gasteiger partial charge on any atom is 0.321 e. The van der Waals surface area contributed by atoms with Crippen molar-refractivity contribution < 1.29 is 14.4 Å². The zero-order chi connectivity index (χ0) is 17.6. The summed E-state index contributed by atoms with van der Waals surface area (Å²) < 4.78 is 0. The lowest BCUT2D eigenvalue weighted by atomic mass is 10.2. The monoisotopic (exact) mass is 338 g/mol. The van der Waals surface area contributed by atoms with Gasteiger partial charge in [-0.15, -0.1) is 0 Å². The molecule has 128 valence electrons. The molecule has 7 heteroatoms. The largest absolute Gasteiger partial charge is 0.343 e. The summed E-state index contributed by atoms with van der Waals surface area (Å²) in [5.41, 5.74) is 1.87. The molecule has 3 rings (SSSR count). The molecule has 3 N–H and O–H groups in total. The Morgan fingerprint density at radius 3 is 2.40 bits per heavy atom. The average Bonchev–Trinajstić information content (AvgIpc) is 3.07. The van der Waals surface area contributed by atoms with Gasteiger partial charge < -0.3 is 16.0 Å². The van der Waals surface area contributed by atoms with Gasteiger partial charge >= 0.3 is 6.03 Å². The standard InChI is InChI=1S/C18H18N4O3/c23-16(12-20-17(24)13-4-2-1-3-5-13)21-14-6-8-15(9-7-14)22-11-10-19-18(22)25/h1-9H,10-12H2,(H,19,25)(H,20,24)(H,21,23). The van der Waals surface area contributed by atoms with E-state index in [4.69, 9.17) is 0 Å². The highest BCUT2D eigenvalue weighted by atomic mass is 16.2. The lowest BCUT2D eigenvalue weighted by Crippen LogP contribution is -2.32. The van der Waals surface area contributed by atoms with Gasteiger partial charge in [0.25, 0.3) is 5.91 Å². The molecule has 0 atom stereocenters. The number of rotatable bonds is 5. The second-order valence-corrected chi connectivity index (χ2v) is 5.53. The van der Waals surface area contributed by atoms with Gasteiger partial charge in [-0.2, -0.15) is 0 Å². The number of carbonyl (C=O) groups is 3. The highest BCUT2D eigenvalue weighted by Gasteiger charge is 2.20. The van der Waals surface area contributed by atoms with Crippen molar-refractivity contribution in [2.24, 2.45) is 0 Å². The molecule has 7 nitrogen and oxygen atoms in total. The molecule has 2 aromatic rings. The Bertz CT molecular complexity index is 775. The Balaban J connectivity index is 1.51. The van der Waals surface area contributed by atoms with E-state index in [9.17, 15) is 14.4 Å². The fourth-order valence-electron chi connectivity index (χ4n) is 2.50. The van der Waals surface area contributed by atoms with Gasteiger partial charge in [-0.25, -0.2) is 4.79 Å². The Hall–Kier alpha value is -3.35. The second kappa shape index (κ2) is 7.48.